The molecule has 0 amide bonds. The van der Waals surface area contributed by atoms with E-state index < -0.39 is 0 Å². The second-order valence-electron chi connectivity index (χ2n) is 5.51. The van der Waals surface area contributed by atoms with Gasteiger partial charge in [0.25, 0.3) is 0 Å². The topological polar surface area (TPSA) is 73.4 Å². The molecule has 0 unspecified atom stereocenters. The number of imidazole rings is 1. The average Bonchev–Trinajstić information content (AvgIpc) is 3.05. The molecule has 6 nitrogen and oxygen atoms in total. The number of piperidine rings is 1. The molecule has 0 spiro atoms. The van der Waals surface area contributed by atoms with Crippen molar-refractivity contribution in [2.45, 2.75) is 26.2 Å². The molecule has 1 saturated heterocycles. The molecule has 0 bridgehead atoms. The zero-order valence-electron chi connectivity index (χ0n) is 13.1. The molecule has 1 aromatic heterocycles. The lowest BCUT2D eigenvalue weighted by molar-refractivity contribution is -0.131. The molecule has 120 valence electrons. The fraction of sp³-hybridized carbons (Fsp3) is 0.294. The van der Waals surface area contributed by atoms with Gasteiger partial charge >= 0.3 is 5.97 Å². The van der Waals surface area contributed by atoms with Crippen LogP contribution in [0.4, 0.5) is 0 Å². The quantitative estimate of drug-likeness (QED) is 0.535. The second kappa shape index (κ2) is 6.66. The Labute approximate surface area is 135 Å². The Balaban J connectivity index is 2.18. The van der Waals surface area contributed by atoms with Crippen molar-refractivity contribution in [3.8, 4) is 5.75 Å². The van der Waals surface area contributed by atoms with E-state index >= 15 is 0 Å². The number of nitrogens with two attached hydrogens (primary N) is 1. The van der Waals surface area contributed by atoms with Gasteiger partial charge in [0.2, 0.25) is 0 Å². The van der Waals surface area contributed by atoms with E-state index in [2.05, 4.69) is 4.98 Å². The van der Waals surface area contributed by atoms with Crippen molar-refractivity contribution in [2.75, 3.05) is 6.54 Å². The normalized spacial score (nSPS) is 17.0. The molecule has 1 aliphatic heterocycles. The number of hydrazine groups is 1. The molecule has 0 saturated carbocycles. The Morgan fingerprint density at radius 3 is 2.83 bits per heavy atom. The predicted molar refractivity (Wildman–Crippen MR) is 87.0 cm³/mol. The first-order chi connectivity index (χ1) is 11.2. The van der Waals surface area contributed by atoms with Gasteiger partial charge in [-0.15, -0.1) is 0 Å². The van der Waals surface area contributed by atoms with E-state index in [-0.39, 0.29) is 5.97 Å². The molecule has 2 aromatic rings. The van der Waals surface area contributed by atoms with Crippen molar-refractivity contribution >= 4 is 11.7 Å². The number of ether oxygens (including phenoxy) is 1. The SMILES string of the molecule is CC(=O)Oc1ccccc1C(=C1CCCCN1N)n1ccnc1. The van der Waals surface area contributed by atoms with E-state index in [0.29, 0.717) is 5.75 Å². The summed E-state index contributed by atoms with van der Waals surface area (Å²) in [5.74, 6) is 6.39. The van der Waals surface area contributed by atoms with Gasteiger partial charge in [0.05, 0.1) is 17.7 Å². The molecule has 1 aromatic carbocycles. The van der Waals surface area contributed by atoms with Gasteiger partial charge in [0.1, 0.15) is 5.75 Å². The van der Waals surface area contributed by atoms with Crippen LogP contribution < -0.4 is 10.6 Å². The number of carbonyl (C=O) groups is 1. The third kappa shape index (κ3) is 3.27. The fourth-order valence-electron chi connectivity index (χ4n) is 2.85. The van der Waals surface area contributed by atoms with Crippen molar-refractivity contribution in [1.82, 2.24) is 14.6 Å². The first kappa shape index (κ1) is 15.3. The zero-order chi connectivity index (χ0) is 16.2. The fourth-order valence-corrected chi connectivity index (χ4v) is 2.85. The maximum Gasteiger partial charge on any atom is 0.308 e. The van der Waals surface area contributed by atoms with E-state index in [1.165, 1.54) is 6.92 Å². The molecule has 0 radical (unpaired) electrons. The van der Waals surface area contributed by atoms with E-state index in [4.69, 9.17) is 10.6 Å². The summed E-state index contributed by atoms with van der Waals surface area (Å²) in [5.41, 5.74) is 2.75. The third-order valence-corrected chi connectivity index (χ3v) is 3.84. The van der Waals surface area contributed by atoms with E-state index in [1.54, 1.807) is 23.6 Å². The Morgan fingerprint density at radius 2 is 2.13 bits per heavy atom. The Hall–Kier alpha value is -2.60. The summed E-state index contributed by atoms with van der Waals surface area (Å²) >= 11 is 0. The number of hydrogen-bond donors (Lipinski definition) is 1. The van der Waals surface area contributed by atoms with Crippen molar-refractivity contribution in [1.29, 1.82) is 0 Å². The molecule has 2 heterocycles. The van der Waals surface area contributed by atoms with E-state index in [1.807, 2.05) is 29.0 Å². The standard InChI is InChI=1S/C17H20N4O2/c1-13(22)23-16-8-3-2-6-14(16)17(20-11-9-19-12-20)15-7-4-5-10-21(15)18/h2-3,6,8-9,11-12H,4-5,7,10,18H2,1H3. The van der Waals surface area contributed by atoms with Crippen molar-refractivity contribution < 1.29 is 9.53 Å². The van der Waals surface area contributed by atoms with Gasteiger partial charge in [-0.05, 0) is 31.4 Å². The first-order valence-electron chi connectivity index (χ1n) is 7.68. The number of rotatable bonds is 3. The van der Waals surface area contributed by atoms with Gasteiger partial charge < -0.3 is 14.3 Å². The molecule has 23 heavy (non-hydrogen) atoms. The largest absolute Gasteiger partial charge is 0.426 e. The Kier molecular flexibility index (Phi) is 4.43. The highest BCUT2D eigenvalue weighted by molar-refractivity contribution is 5.77. The molecule has 0 atom stereocenters. The number of aromatic nitrogens is 2. The lowest BCUT2D eigenvalue weighted by Crippen LogP contribution is -2.35. The minimum atomic E-state index is -0.347. The van der Waals surface area contributed by atoms with Crippen LogP contribution in [0.1, 0.15) is 31.7 Å². The van der Waals surface area contributed by atoms with Gasteiger partial charge in [0, 0.05) is 31.4 Å². The van der Waals surface area contributed by atoms with Crippen LogP contribution in [0.5, 0.6) is 5.75 Å². The first-order valence-corrected chi connectivity index (χ1v) is 7.68. The van der Waals surface area contributed by atoms with Crippen molar-refractivity contribution in [2.24, 2.45) is 5.84 Å². The molecular formula is C17H20N4O2. The highest BCUT2D eigenvalue weighted by Crippen LogP contribution is 2.33. The molecule has 3 rings (SSSR count). The van der Waals surface area contributed by atoms with Crippen molar-refractivity contribution in [3.05, 3.63) is 54.2 Å². The second-order valence-corrected chi connectivity index (χ2v) is 5.51. The summed E-state index contributed by atoms with van der Waals surface area (Å²) < 4.78 is 7.30. The maximum absolute atomic E-state index is 11.4. The van der Waals surface area contributed by atoms with Gasteiger partial charge in [-0.25, -0.2) is 10.8 Å². The molecule has 1 aliphatic rings. The van der Waals surface area contributed by atoms with Crippen LogP contribution >= 0.6 is 0 Å². The van der Waals surface area contributed by atoms with Gasteiger partial charge in [-0.1, -0.05) is 12.1 Å². The number of benzene rings is 1. The summed E-state index contributed by atoms with van der Waals surface area (Å²) in [7, 11) is 0. The number of carbonyl (C=O) groups excluding carboxylic acids is 1. The number of nitrogens with zero attached hydrogens (tertiary/aromatic N) is 3. The molecule has 6 heteroatoms. The predicted octanol–water partition coefficient (Wildman–Crippen LogP) is 2.38. The summed E-state index contributed by atoms with van der Waals surface area (Å²) in [6, 6.07) is 7.49. The van der Waals surface area contributed by atoms with Gasteiger partial charge in [0.15, 0.2) is 0 Å². The minimum Gasteiger partial charge on any atom is -0.426 e. The van der Waals surface area contributed by atoms with Gasteiger partial charge in [-0.2, -0.15) is 0 Å². The van der Waals surface area contributed by atoms with Gasteiger partial charge in [-0.3, -0.25) is 4.79 Å². The van der Waals surface area contributed by atoms with Crippen LogP contribution in [-0.4, -0.2) is 27.1 Å². The maximum atomic E-state index is 11.4. The number of para-hydroxylation sites is 1. The van der Waals surface area contributed by atoms with E-state index in [0.717, 1.165) is 42.8 Å². The van der Waals surface area contributed by atoms with Crippen LogP contribution in [-0.2, 0) is 4.79 Å². The Morgan fingerprint density at radius 1 is 1.30 bits per heavy atom. The lowest BCUT2D eigenvalue weighted by Gasteiger charge is -2.30. The molecule has 1 fully saturated rings. The number of hydrogen-bond acceptors (Lipinski definition) is 5. The highest BCUT2D eigenvalue weighted by atomic mass is 16.5. The van der Waals surface area contributed by atoms with Crippen LogP contribution in [0, 0.1) is 0 Å². The number of esters is 1. The number of allylic oxidation sites excluding steroid dienone is 1. The van der Waals surface area contributed by atoms with Crippen LogP contribution in [0.15, 0.2) is 48.7 Å². The molecular weight excluding hydrogens is 292 g/mol. The van der Waals surface area contributed by atoms with E-state index in [9.17, 15) is 4.79 Å². The summed E-state index contributed by atoms with van der Waals surface area (Å²) in [6.07, 6.45) is 8.35. The summed E-state index contributed by atoms with van der Waals surface area (Å²) in [4.78, 5) is 15.6. The van der Waals surface area contributed by atoms with Crippen LogP contribution in [0.25, 0.3) is 5.70 Å². The minimum absolute atomic E-state index is 0.347. The highest BCUT2D eigenvalue weighted by Gasteiger charge is 2.21. The average molecular weight is 312 g/mol. The third-order valence-electron chi connectivity index (χ3n) is 3.84. The Bertz CT molecular complexity index is 722. The monoisotopic (exact) mass is 312 g/mol. The summed E-state index contributed by atoms with van der Waals surface area (Å²) in [6.45, 7) is 2.21. The van der Waals surface area contributed by atoms with Crippen molar-refractivity contribution in [3.63, 3.8) is 0 Å². The zero-order valence-corrected chi connectivity index (χ0v) is 13.1. The molecule has 0 aliphatic carbocycles. The lowest BCUT2D eigenvalue weighted by atomic mass is 10.0. The smallest absolute Gasteiger partial charge is 0.308 e. The molecule has 2 N–H and O–H groups in total. The van der Waals surface area contributed by atoms with Crippen LogP contribution in [0.2, 0.25) is 0 Å². The van der Waals surface area contributed by atoms with Crippen LogP contribution in [0.3, 0.4) is 0 Å². The summed E-state index contributed by atoms with van der Waals surface area (Å²) in [5, 5.41) is 1.78.